The minimum absolute atomic E-state index is 0.422. The van der Waals surface area contributed by atoms with E-state index in [0.717, 1.165) is 48.8 Å². The van der Waals surface area contributed by atoms with Crippen LogP contribution >= 0.6 is 0 Å². The van der Waals surface area contributed by atoms with Crippen molar-refractivity contribution in [1.29, 1.82) is 0 Å². The van der Waals surface area contributed by atoms with Crippen LogP contribution in [0.4, 0.5) is 52.7 Å². The van der Waals surface area contributed by atoms with Crippen molar-refractivity contribution in [3.8, 4) is 22.5 Å². The van der Waals surface area contributed by atoms with Crippen molar-refractivity contribution in [2.24, 2.45) is 0 Å². The second-order valence-corrected chi connectivity index (χ2v) is 10.6. The molecule has 0 aliphatic rings. The second-order valence-electron chi connectivity index (χ2n) is 10.6. The maximum Gasteiger partial charge on any atom is 0.434 e. The van der Waals surface area contributed by atoms with E-state index in [2.05, 4.69) is 19.9 Å². The normalized spacial score (nSPS) is 12.9. The number of carbonyl (C=O) groups is 1. The van der Waals surface area contributed by atoms with Crippen LogP contribution in [0.25, 0.3) is 44.3 Å². The summed E-state index contributed by atoms with van der Waals surface area (Å²) >= 11 is 0. The van der Waals surface area contributed by atoms with Crippen LogP contribution < -0.4 is 0 Å². The van der Waals surface area contributed by atoms with Gasteiger partial charge in [0.25, 0.3) is 0 Å². The molecule has 0 aliphatic carbocycles. The van der Waals surface area contributed by atoms with E-state index >= 15 is 0 Å². The lowest BCUT2D eigenvalue weighted by Gasteiger charge is -2.23. The third-order valence-corrected chi connectivity index (χ3v) is 7.48. The van der Waals surface area contributed by atoms with Crippen molar-refractivity contribution in [2.75, 3.05) is 0 Å². The minimum atomic E-state index is -5.78. The van der Waals surface area contributed by atoms with Crippen molar-refractivity contribution in [2.45, 2.75) is 24.7 Å². The standard InChI is InChI=1S/C33H14F12N4O/c34-30(35,36)17-9-5-7-15-21(19-11-1-3-13-46-19)23(28(32(40,41)42)48-25(15)17)27(50)24-22(20-12-2-4-14-47-20)16-8-6-10-18(31(37,38)39)26(16)49-29(24)33(43,44)45/h1-14H. The average Bonchev–Trinajstić information content (AvgIpc) is 3.04. The summed E-state index contributed by atoms with van der Waals surface area (Å²) in [5.74, 6) is -2.12. The van der Waals surface area contributed by atoms with Gasteiger partial charge in [0.2, 0.25) is 0 Å². The lowest BCUT2D eigenvalue weighted by atomic mass is 9.86. The molecule has 0 spiro atoms. The molecule has 6 aromatic rings. The summed E-state index contributed by atoms with van der Waals surface area (Å²) in [7, 11) is 0. The molecule has 5 nitrogen and oxygen atoms in total. The zero-order chi connectivity index (χ0) is 36.4. The fraction of sp³-hybridized carbons (Fsp3) is 0.121. The zero-order valence-corrected chi connectivity index (χ0v) is 24.3. The number of hydrogen-bond acceptors (Lipinski definition) is 5. The number of nitrogens with zero attached hydrogens (tertiary/aromatic N) is 4. The monoisotopic (exact) mass is 710 g/mol. The third kappa shape index (κ3) is 5.96. The number of ketones is 1. The van der Waals surface area contributed by atoms with Gasteiger partial charge in [-0.3, -0.25) is 14.8 Å². The molecule has 4 aromatic heterocycles. The first-order chi connectivity index (χ1) is 23.3. The van der Waals surface area contributed by atoms with Crippen LogP contribution in [0.3, 0.4) is 0 Å². The smallest absolute Gasteiger partial charge is 0.288 e. The number of aromatic nitrogens is 4. The molecule has 0 aliphatic heterocycles. The van der Waals surface area contributed by atoms with Crippen LogP contribution in [0.1, 0.15) is 38.4 Å². The Kier molecular flexibility index (Phi) is 8.06. The molecule has 0 N–H and O–H groups in total. The van der Waals surface area contributed by atoms with Crippen molar-refractivity contribution in [3.05, 3.63) is 119 Å². The predicted octanol–water partition coefficient (Wildman–Crippen LogP) is 10.2. The largest absolute Gasteiger partial charge is 0.434 e. The van der Waals surface area contributed by atoms with Crippen LogP contribution in [-0.4, -0.2) is 25.7 Å². The van der Waals surface area contributed by atoms with E-state index < -0.39 is 108 Å². The fourth-order valence-electron chi connectivity index (χ4n) is 5.56. The number of para-hydroxylation sites is 2. The van der Waals surface area contributed by atoms with Crippen molar-refractivity contribution >= 4 is 27.6 Å². The summed E-state index contributed by atoms with van der Waals surface area (Å²) in [4.78, 5) is 28.8. The molecule has 0 unspecified atom stereocenters. The molecule has 17 heteroatoms. The lowest BCUT2D eigenvalue weighted by Crippen LogP contribution is -2.24. The molecule has 0 saturated heterocycles. The Balaban J connectivity index is 1.88. The highest BCUT2D eigenvalue weighted by atomic mass is 19.4. The zero-order valence-electron chi connectivity index (χ0n) is 24.3. The molecule has 4 heterocycles. The van der Waals surface area contributed by atoms with Crippen molar-refractivity contribution in [1.82, 2.24) is 19.9 Å². The molecule has 50 heavy (non-hydrogen) atoms. The highest BCUT2D eigenvalue weighted by molar-refractivity contribution is 6.22. The Morgan fingerprint density at radius 1 is 0.460 bits per heavy atom. The first kappa shape index (κ1) is 34.3. The summed E-state index contributed by atoms with van der Waals surface area (Å²) in [6, 6.07) is 11.1. The van der Waals surface area contributed by atoms with E-state index in [0.29, 0.717) is 12.1 Å². The van der Waals surface area contributed by atoms with Gasteiger partial charge in [0, 0.05) is 34.3 Å². The Morgan fingerprint density at radius 3 is 1.14 bits per heavy atom. The molecule has 0 radical (unpaired) electrons. The molecule has 256 valence electrons. The number of fused-ring (bicyclic) bond motifs is 2. The van der Waals surface area contributed by atoms with Crippen LogP contribution in [0.2, 0.25) is 0 Å². The van der Waals surface area contributed by atoms with E-state index in [-0.39, 0.29) is 0 Å². The molecule has 0 atom stereocenters. The quantitative estimate of drug-likeness (QED) is 0.135. The Morgan fingerprint density at radius 2 is 0.840 bits per heavy atom. The number of carbonyl (C=O) groups excluding carboxylic acids is 1. The first-order valence-corrected chi connectivity index (χ1v) is 13.9. The second kappa shape index (κ2) is 11.8. The van der Waals surface area contributed by atoms with Gasteiger partial charge >= 0.3 is 24.7 Å². The third-order valence-electron chi connectivity index (χ3n) is 7.48. The van der Waals surface area contributed by atoms with Crippen molar-refractivity contribution < 1.29 is 57.5 Å². The fourth-order valence-corrected chi connectivity index (χ4v) is 5.56. The Bertz CT molecular complexity index is 2120. The maximum atomic E-state index is 14.9. The Hall–Kier alpha value is -5.61. The van der Waals surface area contributed by atoms with E-state index in [4.69, 9.17) is 0 Å². The highest BCUT2D eigenvalue weighted by Crippen LogP contribution is 2.47. The van der Waals surface area contributed by atoms with Gasteiger partial charge in [0.05, 0.1) is 44.7 Å². The number of benzene rings is 2. The van der Waals surface area contributed by atoms with E-state index in [1.54, 1.807) is 0 Å². The van der Waals surface area contributed by atoms with E-state index in [1.165, 1.54) is 24.3 Å². The maximum absolute atomic E-state index is 14.9. The van der Waals surface area contributed by atoms with Gasteiger partial charge in [0.15, 0.2) is 17.2 Å². The SMILES string of the molecule is O=C(c1c(C(F)(F)F)nc2c(C(F)(F)F)cccc2c1-c1ccccn1)c1c(C(F)(F)F)nc2c(C(F)(F)F)cccc2c1-c1ccccn1. The number of rotatable bonds is 4. The lowest BCUT2D eigenvalue weighted by molar-refractivity contribution is -0.142. The van der Waals surface area contributed by atoms with E-state index in [9.17, 15) is 57.5 Å². The summed E-state index contributed by atoms with van der Waals surface area (Å²) < 4.78 is 174. The summed E-state index contributed by atoms with van der Waals surface area (Å²) in [5, 5.41) is -1.48. The van der Waals surface area contributed by atoms with Gasteiger partial charge in [-0.25, -0.2) is 9.97 Å². The van der Waals surface area contributed by atoms with Gasteiger partial charge in [0.1, 0.15) is 0 Å². The summed E-state index contributed by atoms with van der Waals surface area (Å²) in [5.41, 5.74) is -16.9. The molecule has 0 saturated carbocycles. The average molecular weight is 710 g/mol. The number of hydrogen-bond donors (Lipinski definition) is 0. The predicted molar refractivity (Wildman–Crippen MR) is 153 cm³/mol. The number of alkyl halides is 12. The molecular formula is C33H14F12N4O. The molecular weight excluding hydrogens is 696 g/mol. The Labute approximate surface area is 271 Å². The highest BCUT2D eigenvalue weighted by Gasteiger charge is 2.47. The van der Waals surface area contributed by atoms with Gasteiger partial charge < -0.3 is 0 Å². The van der Waals surface area contributed by atoms with Gasteiger partial charge in [-0.1, -0.05) is 36.4 Å². The number of halogens is 12. The van der Waals surface area contributed by atoms with Crippen LogP contribution in [-0.2, 0) is 24.7 Å². The van der Waals surface area contributed by atoms with Gasteiger partial charge in [-0.2, -0.15) is 52.7 Å². The first-order valence-electron chi connectivity index (χ1n) is 13.9. The number of pyridine rings is 4. The molecule has 0 amide bonds. The van der Waals surface area contributed by atoms with Crippen LogP contribution in [0.15, 0.2) is 85.2 Å². The molecule has 6 rings (SSSR count). The van der Waals surface area contributed by atoms with Crippen molar-refractivity contribution in [3.63, 3.8) is 0 Å². The molecule has 0 bridgehead atoms. The van der Waals surface area contributed by atoms with E-state index in [1.807, 2.05) is 0 Å². The van der Waals surface area contributed by atoms with Gasteiger partial charge in [-0.05, 0) is 36.4 Å². The minimum Gasteiger partial charge on any atom is -0.288 e. The van der Waals surface area contributed by atoms with Crippen LogP contribution in [0, 0.1) is 0 Å². The summed E-state index contributed by atoms with van der Waals surface area (Å²) in [6.45, 7) is 0. The van der Waals surface area contributed by atoms with Gasteiger partial charge in [-0.15, -0.1) is 0 Å². The molecule has 0 fully saturated rings. The van der Waals surface area contributed by atoms with Crippen LogP contribution in [0.5, 0.6) is 0 Å². The molecule has 2 aromatic carbocycles. The topological polar surface area (TPSA) is 68.6 Å². The summed E-state index contributed by atoms with van der Waals surface area (Å²) in [6.07, 6.45) is -20.1.